The highest BCUT2D eigenvalue weighted by molar-refractivity contribution is 7.95. The van der Waals surface area contributed by atoms with Gasteiger partial charge in [0.15, 0.2) is 0 Å². The summed E-state index contributed by atoms with van der Waals surface area (Å²) in [5.74, 6) is 0.330. The Balaban J connectivity index is 2.61. The summed E-state index contributed by atoms with van der Waals surface area (Å²) in [5, 5.41) is 0. The minimum atomic E-state index is -3.51. The number of hydrogen-bond donors (Lipinski definition) is 0. The number of hydrogen-bond acceptors (Lipinski definition) is 4. The molecule has 0 saturated carbocycles. The highest BCUT2D eigenvalue weighted by Gasteiger charge is 2.31. The summed E-state index contributed by atoms with van der Waals surface area (Å²) in [7, 11) is -2.03. The Morgan fingerprint density at radius 2 is 2.06 bits per heavy atom. The first kappa shape index (κ1) is 11.9. The number of sulfone groups is 1. The molecule has 5 heteroatoms. The molecule has 4 nitrogen and oxygen atoms in total. The molecule has 1 heterocycles. The number of allylic oxidation sites excluding steroid dienone is 1. The van der Waals surface area contributed by atoms with Gasteiger partial charge in [0.05, 0.1) is 16.9 Å². The van der Waals surface area contributed by atoms with Crippen molar-refractivity contribution in [3.05, 3.63) is 28.7 Å². The molecule has 0 saturated heterocycles. The molecule has 90 valence electrons. The number of ketones is 1. The molecular weight excluding hydrogens is 240 g/mol. The van der Waals surface area contributed by atoms with Gasteiger partial charge in [-0.2, -0.15) is 0 Å². The summed E-state index contributed by atoms with van der Waals surface area (Å²) in [5.41, 5.74) is 0.534. The standard InChI is InChI=1S/C12H12O4S/c1-8(13)6-9-7-10-11(16-2)4-3-5-12(10)17(9,14)15/h3-5,7H,6H2,1-2H3. The van der Waals surface area contributed by atoms with E-state index in [-0.39, 0.29) is 22.0 Å². The summed E-state index contributed by atoms with van der Waals surface area (Å²) in [6, 6.07) is 4.85. The largest absolute Gasteiger partial charge is 0.496 e. The van der Waals surface area contributed by atoms with Crippen LogP contribution >= 0.6 is 0 Å². The van der Waals surface area contributed by atoms with Gasteiger partial charge in [0.2, 0.25) is 9.84 Å². The van der Waals surface area contributed by atoms with Gasteiger partial charge in [0.1, 0.15) is 11.5 Å². The molecule has 1 aliphatic heterocycles. The van der Waals surface area contributed by atoms with Gasteiger partial charge in [-0.05, 0) is 25.1 Å². The van der Waals surface area contributed by atoms with Crippen LogP contribution in [-0.2, 0) is 14.6 Å². The fourth-order valence-corrected chi connectivity index (χ4v) is 3.51. The number of carbonyl (C=O) groups is 1. The lowest BCUT2D eigenvalue weighted by atomic mass is 10.1. The maximum absolute atomic E-state index is 12.1. The summed E-state index contributed by atoms with van der Waals surface area (Å²) >= 11 is 0. The van der Waals surface area contributed by atoms with E-state index in [1.165, 1.54) is 26.2 Å². The van der Waals surface area contributed by atoms with Gasteiger partial charge in [-0.3, -0.25) is 4.79 Å². The lowest BCUT2D eigenvalue weighted by Crippen LogP contribution is -2.04. The highest BCUT2D eigenvalue weighted by atomic mass is 32.2. The number of benzene rings is 1. The monoisotopic (exact) mass is 252 g/mol. The lowest BCUT2D eigenvalue weighted by Gasteiger charge is -2.04. The van der Waals surface area contributed by atoms with Gasteiger partial charge in [0, 0.05) is 12.0 Å². The maximum atomic E-state index is 12.1. The van der Waals surface area contributed by atoms with E-state index in [9.17, 15) is 13.2 Å². The van der Waals surface area contributed by atoms with Gasteiger partial charge in [-0.15, -0.1) is 0 Å². The number of ether oxygens (including phenoxy) is 1. The fraction of sp³-hybridized carbons (Fsp3) is 0.250. The number of rotatable bonds is 3. The van der Waals surface area contributed by atoms with Crippen LogP contribution in [-0.4, -0.2) is 21.3 Å². The van der Waals surface area contributed by atoms with Crippen molar-refractivity contribution >= 4 is 21.7 Å². The van der Waals surface area contributed by atoms with Gasteiger partial charge in [-0.25, -0.2) is 8.42 Å². The Labute approximate surface area is 99.8 Å². The molecule has 0 amide bonds. The molecule has 1 aliphatic rings. The average molecular weight is 252 g/mol. The number of methoxy groups -OCH3 is 1. The molecule has 0 aromatic heterocycles. The van der Waals surface area contributed by atoms with Crippen LogP contribution in [0.4, 0.5) is 0 Å². The van der Waals surface area contributed by atoms with Crippen LogP contribution in [0.25, 0.3) is 6.08 Å². The predicted molar refractivity (Wildman–Crippen MR) is 63.5 cm³/mol. The van der Waals surface area contributed by atoms with Gasteiger partial charge in [0.25, 0.3) is 0 Å². The molecular formula is C12H12O4S. The minimum Gasteiger partial charge on any atom is -0.496 e. The van der Waals surface area contributed by atoms with Crippen molar-refractivity contribution in [3.63, 3.8) is 0 Å². The quantitative estimate of drug-likeness (QED) is 0.823. The SMILES string of the molecule is COc1cccc2c1C=C(CC(C)=O)S2(=O)=O. The molecule has 17 heavy (non-hydrogen) atoms. The zero-order valence-electron chi connectivity index (χ0n) is 9.56. The van der Waals surface area contributed by atoms with Crippen molar-refractivity contribution in [2.24, 2.45) is 0 Å². The van der Waals surface area contributed by atoms with Crippen LogP contribution in [0.15, 0.2) is 28.0 Å². The van der Waals surface area contributed by atoms with Crippen molar-refractivity contribution in [2.75, 3.05) is 7.11 Å². The van der Waals surface area contributed by atoms with E-state index in [1.54, 1.807) is 12.1 Å². The molecule has 0 fully saturated rings. The van der Waals surface area contributed by atoms with Crippen molar-refractivity contribution in [1.29, 1.82) is 0 Å². The maximum Gasteiger partial charge on any atom is 0.203 e. The molecule has 1 aromatic carbocycles. The van der Waals surface area contributed by atoms with Crippen molar-refractivity contribution in [1.82, 2.24) is 0 Å². The summed E-state index contributed by atoms with van der Waals surface area (Å²) < 4.78 is 29.3. The Bertz CT molecular complexity index is 611. The first-order valence-corrected chi connectivity index (χ1v) is 6.57. The third kappa shape index (κ3) is 1.86. The van der Waals surface area contributed by atoms with E-state index in [4.69, 9.17) is 4.74 Å². The van der Waals surface area contributed by atoms with E-state index in [2.05, 4.69) is 0 Å². The zero-order chi connectivity index (χ0) is 12.6. The first-order valence-electron chi connectivity index (χ1n) is 5.09. The summed E-state index contributed by atoms with van der Waals surface area (Å²) in [4.78, 5) is 11.4. The molecule has 0 N–H and O–H groups in total. The molecule has 0 radical (unpaired) electrons. The smallest absolute Gasteiger partial charge is 0.203 e. The Hall–Kier alpha value is -1.62. The van der Waals surface area contributed by atoms with Crippen LogP contribution in [0, 0.1) is 0 Å². The van der Waals surface area contributed by atoms with E-state index < -0.39 is 9.84 Å². The van der Waals surface area contributed by atoms with E-state index in [0.717, 1.165) is 0 Å². The summed E-state index contributed by atoms with van der Waals surface area (Å²) in [6.07, 6.45) is 1.45. The van der Waals surface area contributed by atoms with E-state index >= 15 is 0 Å². The second kappa shape index (κ2) is 4.00. The Morgan fingerprint density at radius 1 is 1.35 bits per heavy atom. The Kier molecular flexibility index (Phi) is 2.79. The second-order valence-corrected chi connectivity index (χ2v) is 5.84. The van der Waals surface area contributed by atoms with Gasteiger partial charge >= 0.3 is 0 Å². The molecule has 2 rings (SSSR count). The van der Waals surface area contributed by atoms with E-state index in [0.29, 0.717) is 11.3 Å². The third-order valence-electron chi connectivity index (χ3n) is 2.61. The molecule has 0 atom stereocenters. The number of carbonyl (C=O) groups excluding carboxylic acids is 1. The van der Waals surface area contributed by atoms with Crippen LogP contribution in [0.3, 0.4) is 0 Å². The minimum absolute atomic E-state index is 0.0693. The molecule has 0 aliphatic carbocycles. The first-order chi connectivity index (χ1) is 7.96. The van der Waals surface area contributed by atoms with Crippen LogP contribution in [0.5, 0.6) is 5.75 Å². The van der Waals surface area contributed by atoms with Gasteiger partial charge < -0.3 is 4.74 Å². The zero-order valence-corrected chi connectivity index (χ0v) is 10.4. The van der Waals surface area contributed by atoms with Crippen LogP contribution in [0.2, 0.25) is 0 Å². The van der Waals surface area contributed by atoms with Crippen molar-refractivity contribution in [3.8, 4) is 5.75 Å². The van der Waals surface area contributed by atoms with Crippen molar-refractivity contribution < 1.29 is 17.9 Å². The predicted octanol–water partition coefficient (Wildman–Crippen LogP) is 1.80. The Morgan fingerprint density at radius 3 is 2.65 bits per heavy atom. The lowest BCUT2D eigenvalue weighted by molar-refractivity contribution is -0.116. The molecule has 0 unspecified atom stereocenters. The molecule has 0 spiro atoms. The van der Waals surface area contributed by atoms with Crippen LogP contribution < -0.4 is 4.74 Å². The number of fused-ring (bicyclic) bond motifs is 1. The topological polar surface area (TPSA) is 60.4 Å². The molecule has 1 aromatic rings. The normalized spacial score (nSPS) is 16.2. The molecule has 0 bridgehead atoms. The average Bonchev–Trinajstić information content (AvgIpc) is 2.50. The third-order valence-corrected chi connectivity index (χ3v) is 4.50. The van der Waals surface area contributed by atoms with Gasteiger partial charge in [-0.1, -0.05) is 6.07 Å². The number of Topliss-reactive ketones (excluding diaryl/α,β-unsaturated/α-hetero) is 1. The second-order valence-electron chi connectivity index (χ2n) is 3.86. The summed E-state index contributed by atoms with van der Waals surface area (Å²) in [6.45, 7) is 1.37. The van der Waals surface area contributed by atoms with E-state index in [1.807, 2.05) is 0 Å². The van der Waals surface area contributed by atoms with Crippen molar-refractivity contribution in [2.45, 2.75) is 18.2 Å². The van der Waals surface area contributed by atoms with Crippen LogP contribution in [0.1, 0.15) is 18.9 Å². The fourth-order valence-electron chi connectivity index (χ4n) is 1.85. The highest BCUT2D eigenvalue weighted by Crippen LogP contribution is 2.39.